The number of benzene rings is 1. The first-order valence-corrected chi connectivity index (χ1v) is 6.71. The lowest BCUT2D eigenvalue weighted by Gasteiger charge is -2.33. The van der Waals surface area contributed by atoms with Crippen LogP contribution in [0.25, 0.3) is 0 Å². The van der Waals surface area contributed by atoms with E-state index in [1.54, 1.807) is 0 Å². The minimum absolute atomic E-state index is 0.155. The Bertz CT molecular complexity index is 404. The smallest absolute Gasteiger partial charge is 0.311 e. The van der Waals surface area contributed by atoms with Crippen LogP contribution in [-0.2, 0) is 19.0 Å². The minimum atomic E-state index is -0.392. The second-order valence-electron chi connectivity index (χ2n) is 4.62. The fourth-order valence-electron chi connectivity index (χ4n) is 2.14. The molecule has 1 aromatic carbocycles. The first kappa shape index (κ1) is 14.0. The molecule has 0 bridgehead atoms. The first-order chi connectivity index (χ1) is 9.22. The van der Waals surface area contributed by atoms with Crippen LogP contribution >= 0.6 is 0 Å². The molecule has 0 unspecified atom stereocenters. The van der Waals surface area contributed by atoms with Crippen molar-refractivity contribution in [3.05, 3.63) is 35.9 Å². The van der Waals surface area contributed by atoms with Gasteiger partial charge in [0.25, 0.3) is 0 Å². The molecular formula is C15H20O4. The molecule has 104 valence electrons. The van der Waals surface area contributed by atoms with E-state index in [1.807, 2.05) is 44.2 Å². The molecule has 0 amide bonds. The molecule has 0 saturated carbocycles. The van der Waals surface area contributed by atoms with Crippen LogP contribution in [0, 0.1) is 5.92 Å². The molecule has 1 saturated heterocycles. The maximum Gasteiger partial charge on any atom is 0.311 e. The van der Waals surface area contributed by atoms with Crippen LogP contribution in [0.4, 0.5) is 0 Å². The van der Waals surface area contributed by atoms with Crippen molar-refractivity contribution in [3.8, 4) is 0 Å². The van der Waals surface area contributed by atoms with Gasteiger partial charge in [-0.2, -0.15) is 0 Å². The zero-order valence-electron chi connectivity index (χ0n) is 11.4. The molecule has 0 aliphatic carbocycles. The Labute approximate surface area is 113 Å². The zero-order valence-corrected chi connectivity index (χ0v) is 11.4. The fraction of sp³-hybridized carbons (Fsp3) is 0.533. The number of esters is 1. The highest BCUT2D eigenvalue weighted by Crippen LogP contribution is 2.29. The standard InChI is InChI=1S/C15H20O4/c1-3-17-14(16)11(2)13-9-10-18-15(19-13)12-7-5-4-6-8-12/h4-8,11,13,15H,3,9-10H2,1-2H3/t11-,13-,15-/m1/s1. The number of hydrogen-bond acceptors (Lipinski definition) is 4. The number of carbonyl (C=O) groups excluding carboxylic acids is 1. The quantitative estimate of drug-likeness (QED) is 0.784. The van der Waals surface area contributed by atoms with Crippen LogP contribution in [0.1, 0.15) is 32.1 Å². The van der Waals surface area contributed by atoms with Gasteiger partial charge in [0.1, 0.15) is 0 Å². The van der Waals surface area contributed by atoms with Crippen molar-refractivity contribution in [2.24, 2.45) is 5.92 Å². The second kappa shape index (κ2) is 6.68. The summed E-state index contributed by atoms with van der Waals surface area (Å²) < 4.78 is 16.5. The molecule has 4 heteroatoms. The summed E-state index contributed by atoms with van der Waals surface area (Å²) in [5, 5.41) is 0. The van der Waals surface area contributed by atoms with Crippen LogP contribution in [0.15, 0.2) is 30.3 Å². The SMILES string of the molecule is CCOC(=O)[C@H](C)[C@H]1CCO[C@@H](c2ccccc2)O1. The Morgan fingerprint density at radius 1 is 1.42 bits per heavy atom. The van der Waals surface area contributed by atoms with E-state index in [0.717, 1.165) is 5.56 Å². The van der Waals surface area contributed by atoms with Gasteiger partial charge in [-0.15, -0.1) is 0 Å². The maximum absolute atomic E-state index is 11.7. The van der Waals surface area contributed by atoms with E-state index < -0.39 is 6.29 Å². The highest BCUT2D eigenvalue weighted by molar-refractivity contribution is 5.72. The van der Waals surface area contributed by atoms with Crippen molar-refractivity contribution in [2.45, 2.75) is 32.7 Å². The van der Waals surface area contributed by atoms with Gasteiger partial charge in [0.2, 0.25) is 0 Å². The Kier molecular flexibility index (Phi) is 4.93. The van der Waals surface area contributed by atoms with Crippen LogP contribution < -0.4 is 0 Å². The Hall–Kier alpha value is -1.39. The van der Waals surface area contributed by atoms with Crippen molar-refractivity contribution in [1.82, 2.24) is 0 Å². The predicted octanol–water partition coefficient (Wildman–Crippen LogP) is 2.69. The van der Waals surface area contributed by atoms with Gasteiger partial charge in [-0.05, 0) is 20.3 Å². The average Bonchev–Trinajstić information content (AvgIpc) is 2.48. The average molecular weight is 264 g/mol. The third kappa shape index (κ3) is 3.55. The molecule has 3 atom stereocenters. The van der Waals surface area contributed by atoms with E-state index in [4.69, 9.17) is 14.2 Å². The fourth-order valence-corrected chi connectivity index (χ4v) is 2.14. The molecule has 0 spiro atoms. The van der Waals surface area contributed by atoms with E-state index in [1.165, 1.54) is 0 Å². The van der Waals surface area contributed by atoms with Gasteiger partial charge in [-0.25, -0.2) is 0 Å². The van der Waals surface area contributed by atoms with Crippen LogP contribution in [0.2, 0.25) is 0 Å². The lowest BCUT2D eigenvalue weighted by atomic mass is 10.0. The maximum atomic E-state index is 11.7. The molecule has 0 radical (unpaired) electrons. The van der Waals surface area contributed by atoms with Gasteiger partial charge in [0.15, 0.2) is 6.29 Å². The topological polar surface area (TPSA) is 44.8 Å². The summed E-state index contributed by atoms with van der Waals surface area (Å²) in [6, 6.07) is 9.76. The number of hydrogen-bond donors (Lipinski definition) is 0. The van der Waals surface area contributed by atoms with Gasteiger partial charge in [0, 0.05) is 5.56 Å². The summed E-state index contributed by atoms with van der Waals surface area (Å²) in [7, 11) is 0. The van der Waals surface area contributed by atoms with Gasteiger partial charge < -0.3 is 14.2 Å². The van der Waals surface area contributed by atoms with Crippen LogP contribution in [0.3, 0.4) is 0 Å². The molecule has 1 fully saturated rings. The molecule has 0 N–H and O–H groups in total. The molecule has 19 heavy (non-hydrogen) atoms. The summed E-state index contributed by atoms with van der Waals surface area (Å²) >= 11 is 0. The monoisotopic (exact) mass is 264 g/mol. The molecule has 1 aliphatic rings. The van der Waals surface area contributed by atoms with Crippen LogP contribution in [-0.4, -0.2) is 25.3 Å². The summed E-state index contributed by atoms with van der Waals surface area (Å²) in [5.74, 6) is -0.476. The molecule has 2 rings (SSSR count). The van der Waals surface area contributed by atoms with Gasteiger partial charge in [0.05, 0.1) is 25.2 Å². The van der Waals surface area contributed by atoms with Crippen molar-refractivity contribution < 1.29 is 19.0 Å². The van der Waals surface area contributed by atoms with Crippen molar-refractivity contribution in [2.75, 3.05) is 13.2 Å². The molecular weight excluding hydrogens is 244 g/mol. The highest BCUT2D eigenvalue weighted by atomic mass is 16.7. The normalized spacial score (nSPS) is 24.7. The molecule has 1 aliphatic heterocycles. The third-order valence-electron chi connectivity index (χ3n) is 3.26. The Morgan fingerprint density at radius 2 is 2.16 bits per heavy atom. The van der Waals surface area contributed by atoms with E-state index in [2.05, 4.69) is 0 Å². The van der Waals surface area contributed by atoms with Crippen molar-refractivity contribution in [1.29, 1.82) is 0 Å². The second-order valence-corrected chi connectivity index (χ2v) is 4.62. The number of carbonyl (C=O) groups is 1. The highest BCUT2D eigenvalue weighted by Gasteiger charge is 2.32. The third-order valence-corrected chi connectivity index (χ3v) is 3.26. The Balaban J connectivity index is 1.99. The van der Waals surface area contributed by atoms with E-state index in [-0.39, 0.29) is 18.0 Å². The molecule has 1 heterocycles. The number of rotatable bonds is 4. The number of ether oxygens (including phenoxy) is 3. The lowest BCUT2D eigenvalue weighted by Crippen LogP contribution is -2.36. The van der Waals surface area contributed by atoms with Crippen molar-refractivity contribution >= 4 is 5.97 Å². The summed E-state index contributed by atoms with van der Waals surface area (Å²) in [4.78, 5) is 11.7. The van der Waals surface area contributed by atoms with E-state index >= 15 is 0 Å². The predicted molar refractivity (Wildman–Crippen MR) is 70.4 cm³/mol. The Morgan fingerprint density at radius 3 is 2.84 bits per heavy atom. The van der Waals surface area contributed by atoms with Gasteiger partial charge in [-0.3, -0.25) is 4.79 Å². The largest absolute Gasteiger partial charge is 0.466 e. The zero-order chi connectivity index (χ0) is 13.7. The minimum Gasteiger partial charge on any atom is -0.466 e. The van der Waals surface area contributed by atoms with Gasteiger partial charge in [-0.1, -0.05) is 30.3 Å². The van der Waals surface area contributed by atoms with Crippen molar-refractivity contribution in [3.63, 3.8) is 0 Å². The van der Waals surface area contributed by atoms with Gasteiger partial charge >= 0.3 is 5.97 Å². The molecule has 1 aromatic rings. The lowest BCUT2D eigenvalue weighted by molar-refractivity contribution is -0.230. The van der Waals surface area contributed by atoms with E-state index in [9.17, 15) is 4.79 Å². The summed E-state index contributed by atoms with van der Waals surface area (Å²) in [6.45, 7) is 4.64. The first-order valence-electron chi connectivity index (χ1n) is 6.71. The van der Waals surface area contributed by atoms with E-state index in [0.29, 0.717) is 19.6 Å². The molecule has 4 nitrogen and oxygen atoms in total. The van der Waals surface area contributed by atoms with Crippen LogP contribution in [0.5, 0.6) is 0 Å². The summed E-state index contributed by atoms with van der Waals surface area (Å²) in [5.41, 5.74) is 0.975. The summed E-state index contributed by atoms with van der Waals surface area (Å²) in [6.07, 6.45) is 0.165. The molecule has 0 aromatic heterocycles.